The van der Waals surface area contributed by atoms with Gasteiger partial charge in [-0.05, 0) is 42.5 Å². The van der Waals surface area contributed by atoms with E-state index in [1.807, 2.05) is 0 Å². The first-order chi connectivity index (χ1) is 16.2. The molecule has 0 aliphatic carbocycles. The number of hydrazone groups is 1. The van der Waals surface area contributed by atoms with Crippen molar-refractivity contribution < 1.29 is 22.9 Å². The number of amides is 1. The number of anilines is 1. The highest BCUT2D eigenvalue weighted by Gasteiger charge is 2.27. The van der Waals surface area contributed by atoms with Gasteiger partial charge in [0.2, 0.25) is 0 Å². The van der Waals surface area contributed by atoms with Crippen molar-refractivity contribution in [1.82, 2.24) is 5.43 Å². The number of hydrogen-bond acceptors (Lipinski definition) is 7. The molecule has 10 nitrogen and oxygen atoms in total. The van der Waals surface area contributed by atoms with Crippen molar-refractivity contribution >= 4 is 49.4 Å². The standard InChI is InChI=1S/C22H19BrN4O6S/c1-33-21-12-7-17(23)13-16(21)14-24-25-22(28)15-26(18-8-10-19(11-9-18)27(29)30)34(31,32)20-5-3-2-4-6-20/h2-14H,15H2,1H3,(H,25,28)/b24-14-. The Balaban J connectivity index is 1.86. The number of carbonyl (C=O) groups is 1. The summed E-state index contributed by atoms with van der Waals surface area (Å²) in [6.45, 7) is -0.609. The smallest absolute Gasteiger partial charge is 0.269 e. The van der Waals surface area contributed by atoms with Gasteiger partial charge in [0.15, 0.2) is 0 Å². The Morgan fingerprint density at radius 2 is 1.82 bits per heavy atom. The van der Waals surface area contributed by atoms with Crippen LogP contribution in [0.15, 0.2) is 87.3 Å². The number of hydrogen-bond donors (Lipinski definition) is 1. The third-order valence-corrected chi connectivity index (χ3v) is 6.83. The molecular formula is C22H19BrN4O6S. The lowest BCUT2D eigenvalue weighted by Crippen LogP contribution is -2.39. The summed E-state index contributed by atoms with van der Waals surface area (Å²) in [4.78, 5) is 22.9. The Morgan fingerprint density at radius 3 is 2.44 bits per heavy atom. The molecule has 0 fully saturated rings. The maximum absolute atomic E-state index is 13.3. The molecule has 0 radical (unpaired) electrons. The summed E-state index contributed by atoms with van der Waals surface area (Å²) in [5.74, 6) is -0.191. The fourth-order valence-electron chi connectivity index (χ4n) is 2.92. The Hall–Kier alpha value is -3.77. The topological polar surface area (TPSA) is 131 Å². The molecule has 3 rings (SSSR count). The fraction of sp³-hybridized carbons (Fsp3) is 0.0909. The van der Waals surface area contributed by atoms with Crippen molar-refractivity contribution in [3.8, 4) is 5.75 Å². The number of ether oxygens (including phenoxy) is 1. The van der Waals surface area contributed by atoms with Crippen LogP contribution in [0.5, 0.6) is 5.75 Å². The summed E-state index contributed by atoms with van der Waals surface area (Å²) >= 11 is 3.34. The van der Waals surface area contributed by atoms with E-state index in [4.69, 9.17) is 4.74 Å². The van der Waals surface area contributed by atoms with Gasteiger partial charge in [-0.25, -0.2) is 13.8 Å². The number of nitrogens with zero attached hydrogens (tertiary/aromatic N) is 3. The Morgan fingerprint density at radius 1 is 1.15 bits per heavy atom. The highest BCUT2D eigenvalue weighted by molar-refractivity contribution is 9.10. The van der Waals surface area contributed by atoms with Crippen LogP contribution in [0.4, 0.5) is 11.4 Å². The summed E-state index contributed by atoms with van der Waals surface area (Å²) in [5, 5.41) is 14.9. The number of benzene rings is 3. The molecule has 0 unspecified atom stereocenters. The number of nitro groups is 1. The molecule has 12 heteroatoms. The summed E-state index contributed by atoms with van der Waals surface area (Å²) in [7, 11) is -2.66. The molecule has 3 aromatic rings. The zero-order chi connectivity index (χ0) is 24.7. The number of rotatable bonds is 9. The molecule has 0 spiro atoms. The number of nitrogens with one attached hydrogen (secondary N) is 1. The first kappa shape index (κ1) is 24.9. The van der Waals surface area contributed by atoms with Crippen LogP contribution >= 0.6 is 15.9 Å². The van der Waals surface area contributed by atoms with E-state index in [0.29, 0.717) is 11.3 Å². The number of halogens is 1. The number of non-ortho nitro benzene ring substituents is 1. The van der Waals surface area contributed by atoms with E-state index in [-0.39, 0.29) is 16.3 Å². The predicted octanol–water partition coefficient (Wildman–Crippen LogP) is 3.71. The van der Waals surface area contributed by atoms with Gasteiger partial charge in [0.05, 0.1) is 28.8 Å². The lowest BCUT2D eigenvalue weighted by atomic mass is 10.2. The molecule has 0 saturated carbocycles. The SMILES string of the molecule is COc1ccc(Br)cc1/C=N\NC(=O)CN(c1ccc([N+](=O)[O-])cc1)S(=O)(=O)c1ccccc1. The maximum Gasteiger partial charge on any atom is 0.269 e. The van der Waals surface area contributed by atoms with E-state index in [9.17, 15) is 23.3 Å². The molecule has 0 aliphatic rings. The van der Waals surface area contributed by atoms with Gasteiger partial charge in [0, 0.05) is 22.2 Å². The normalized spacial score (nSPS) is 11.2. The van der Waals surface area contributed by atoms with E-state index < -0.39 is 27.4 Å². The Bertz CT molecular complexity index is 1310. The summed E-state index contributed by atoms with van der Waals surface area (Å²) in [5.41, 5.74) is 2.76. The molecule has 0 saturated heterocycles. The van der Waals surface area contributed by atoms with Crippen molar-refractivity contribution in [3.63, 3.8) is 0 Å². The Labute approximate surface area is 204 Å². The van der Waals surface area contributed by atoms with Crippen molar-refractivity contribution in [3.05, 3.63) is 92.9 Å². The van der Waals surface area contributed by atoms with Gasteiger partial charge < -0.3 is 4.74 Å². The van der Waals surface area contributed by atoms with Gasteiger partial charge in [-0.1, -0.05) is 34.1 Å². The lowest BCUT2D eigenvalue weighted by Gasteiger charge is -2.23. The van der Waals surface area contributed by atoms with E-state index in [1.54, 1.807) is 36.4 Å². The summed E-state index contributed by atoms with van der Waals surface area (Å²) in [6, 6.07) is 17.6. The van der Waals surface area contributed by atoms with Gasteiger partial charge in [-0.2, -0.15) is 5.10 Å². The second-order valence-electron chi connectivity index (χ2n) is 6.78. The molecule has 3 aromatic carbocycles. The van der Waals surface area contributed by atoms with Crippen LogP contribution in [-0.4, -0.2) is 39.1 Å². The molecule has 176 valence electrons. The van der Waals surface area contributed by atoms with E-state index in [1.165, 1.54) is 49.7 Å². The average Bonchev–Trinajstić information content (AvgIpc) is 2.83. The molecule has 1 N–H and O–H groups in total. The van der Waals surface area contributed by atoms with E-state index in [2.05, 4.69) is 26.5 Å². The minimum Gasteiger partial charge on any atom is -0.496 e. The zero-order valence-electron chi connectivity index (χ0n) is 17.8. The van der Waals surface area contributed by atoms with E-state index in [0.717, 1.165) is 8.78 Å². The van der Waals surface area contributed by atoms with Gasteiger partial charge in [-0.15, -0.1) is 0 Å². The third-order valence-electron chi connectivity index (χ3n) is 4.55. The second-order valence-corrected chi connectivity index (χ2v) is 9.56. The molecular weight excluding hydrogens is 528 g/mol. The number of nitro benzene ring substituents is 1. The van der Waals surface area contributed by atoms with Gasteiger partial charge in [-0.3, -0.25) is 19.2 Å². The lowest BCUT2D eigenvalue weighted by molar-refractivity contribution is -0.384. The number of sulfonamides is 1. The first-order valence-electron chi connectivity index (χ1n) is 9.70. The predicted molar refractivity (Wildman–Crippen MR) is 131 cm³/mol. The van der Waals surface area contributed by atoms with Gasteiger partial charge >= 0.3 is 0 Å². The van der Waals surface area contributed by atoms with Crippen molar-refractivity contribution in [2.45, 2.75) is 4.90 Å². The van der Waals surface area contributed by atoms with Gasteiger partial charge in [0.1, 0.15) is 12.3 Å². The van der Waals surface area contributed by atoms with Crippen LogP contribution in [-0.2, 0) is 14.8 Å². The monoisotopic (exact) mass is 546 g/mol. The zero-order valence-corrected chi connectivity index (χ0v) is 20.2. The van der Waals surface area contributed by atoms with E-state index >= 15 is 0 Å². The summed E-state index contributed by atoms with van der Waals surface area (Å²) in [6.07, 6.45) is 1.36. The maximum atomic E-state index is 13.3. The van der Waals surface area contributed by atoms with Crippen LogP contribution in [0.1, 0.15) is 5.56 Å². The molecule has 0 bridgehead atoms. The quantitative estimate of drug-likeness (QED) is 0.247. The molecule has 0 aromatic heterocycles. The van der Waals surface area contributed by atoms with Crippen molar-refractivity contribution in [2.75, 3.05) is 18.0 Å². The number of methoxy groups -OCH3 is 1. The minimum absolute atomic E-state index is 0.0384. The van der Waals surface area contributed by atoms with Crippen LogP contribution in [0.3, 0.4) is 0 Å². The molecule has 0 aliphatic heterocycles. The van der Waals surface area contributed by atoms with Crippen molar-refractivity contribution in [2.24, 2.45) is 5.10 Å². The molecule has 34 heavy (non-hydrogen) atoms. The molecule has 1 amide bonds. The fourth-order valence-corrected chi connectivity index (χ4v) is 4.74. The highest BCUT2D eigenvalue weighted by Crippen LogP contribution is 2.26. The minimum atomic E-state index is -4.15. The van der Waals surface area contributed by atoms with Crippen LogP contribution in [0.2, 0.25) is 0 Å². The second kappa shape index (κ2) is 10.9. The average molecular weight is 547 g/mol. The van der Waals surface area contributed by atoms with Crippen molar-refractivity contribution in [1.29, 1.82) is 0 Å². The van der Waals surface area contributed by atoms with Crippen LogP contribution in [0, 0.1) is 10.1 Å². The highest BCUT2D eigenvalue weighted by atomic mass is 79.9. The largest absolute Gasteiger partial charge is 0.496 e. The van der Waals surface area contributed by atoms with Gasteiger partial charge in [0.25, 0.3) is 21.6 Å². The van der Waals surface area contributed by atoms with Crippen LogP contribution < -0.4 is 14.5 Å². The molecule has 0 heterocycles. The molecule has 0 atom stereocenters. The number of carbonyl (C=O) groups excluding carboxylic acids is 1. The van der Waals surface area contributed by atoms with Crippen LogP contribution in [0.25, 0.3) is 0 Å². The first-order valence-corrected chi connectivity index (χ1v) is 11.9. The third kappa shape index (κ3) is 5.97. The Kier molecular flexibility index (Phi) is 7.97. The summed E-state index contributed by atoms with van der Waals surface area (Å²) < 4.78 is 33.4.